The standard InChI is InChI=1S/C19H20ClN3O2/c20-14-9-12-5-7-25-18(12)13(10-14)11-22-19(21)23-16-6-8-24-17-4-2-1-3-15(16)17/h1-4,9-10,16H,5-8,11H2,(H3,21,22,23). The molecule has 130 valence electrons. The Morgan fingerprint density at radius 1 is 1.24 bits per heavy atom. The second-order valence-electron chi connectivity index (χ2n) is 6.22. The number of fused-ring (bicyclic) bond motifs is 2. The van der Waals surface area contributed by atoms with Gasteiger partial charge < -0.3 is 20.5 Å². The fourth-order valence-electron chi connectivity index (χ4n) is 3.35. The zero-order valence-electron chi connectivity index (χ0n) is 13.8. The number of para-hydroxylation sites is 1. The Morgan fingerprint density at radius 3 is 3.04 bits per heavy atom. The maximum Gasteiger partial charge on any atom is 0.189 e. The van der Waals surface area contributed by atoms with Gasteiger partial charge in [0.15, 0.2) is 5.96 Å². The van der Waals surface area contributed by atoms with Crippen LogP contribution in [0.2, 0.25) is 5.02 Å². The summed E-state index contributed by atoms with van der Waals surface area (Å²) in [7, 11) is 0. The van der Waals surface area contributed by atoms with Crippen molar-refractivity contribution in [3.8, 4) is 11.5 Å². The summed E-state index contributed by atoms with van der Waals surface area (Å²) in [5.41, 5.74) is 9.34. The van der Waals surface area contributed by atoms with Crippen LogP contribution in [-0.2, 0) is 13.0 Å². The molecule has 2 aliphatic rings. The summed E-state index contributed by atoms with van der Waals surface area (Å²) in [5.74, 6) is 2.21. The van der Waals surface area contributed by atoms with Crippen LogP contribution >= 0.6 is 11.6 Å². The molecule has 2 aromatic rings. The minimum atomic E-state index is 0.107. The van der Waals surface area contributed by atoms with Gasteiger partial charge in [0.1, 0.15) is 11.5 Å². The Balaban J connectivity index is 1.49. The third-order valence-corrected chi connectivity index (χ3v) is 4.74. The molecule has 0 aliphatic carbocycles. The van der Waals surface area contributed by atoms with Crippen molar-refractivity contribution >= 4 is 17.6 Å². The van der Waals surface area contributed by atoms with Gasteiger partial charge in [-0.25, -0.2) is 4.99 Å². The molecule has 3 N–H and O–H groups in total. The van der Waals surface area contributed by atoms with E-state index in [1.54, 1.807) is 0 Å². The first-order valence-corrected chi connectivity index (χ1v) is 8.81. The quantitative estimate of drug-likeness (QED) is 0.653. The van der Waals surface area contributed by atoms with Crippen LogP contribution in [0.15, 0.2) is 41.4 Å². The summed E-state index contributed by atoms with van der Waals surface area (Å²) in [6, 6.07) is 12.0. The number of hydrogen-bond donors (Lipinski definition) is 2. The molecule has 4 rings (SSSR count). The lowest BCUT2D eigenvalue weighted by atomic mass is 10.0. The van der Waals surface area contributed by atoms with Gasteiger partial charge >= 0.3 is 0 Å². The third-order valence-electron chi connectivity index (χ3n) is 4.53. The smallest absolute Gasteiger partial charge is 0.189 e. The first-order chi connectivity index (χ1) is 12.2. The van der Waals surface area contributed by atoms with Crippen LogP contribution < -0.4 is 20.5 Å². The lowest BCUT2D eigenvalue weighted by Crippen LogP contribution is -2.37. The summed E-state index contributed by atoms with van der Waals surface area (Å²) >= 11 is 6.19. The number of nitrogens with zero attached hydrogens (tertiary/aromatic N) is 1. The highest BCUT2D eigenvalue weighted by Crippen LogP contribution is 2.33. The van der Waals surface area contributed by atoms with Crippen LogP contribution in [0.25, 0.3) is 0 Å². The van der Waals surface area contributed by atoms with Gasteiger partial charge in [-0.1, -0.05) is 29.8 Å². The molecule has 2 aliphatic heterocycles. The second-order valence-corrected chi connectivity index (χ2v) is 6.66. The Morgan fingerprint density at radius 2 is 2.12 bits per heavy atom. The van der Waals surface area contributed by atoms with Gasteiger partial charge in [0.05, 0.1) is 25.8 Å². The molecule has 1 atom stereocenters. The number of benzene rings is 2. The Bertz CT molecular complexity index is 822. The van der Waals surface area contributed by atoms with Crippen molar-refractivity contribution in [3.05, 3.63) is 58.1 Å². The first kappa shape index (κ1) is 16.1. The van der Waals surface area contributed by atoms with Crippen molar-refractivity contribution < 1.29 is 9.47 Å². The van der Waals surface area contributed by atoms with Crippen molar-refractivity contribution in [1.29, 1.82) is 0 Å². The summed E-state index contributed by atoms with van der Waals surface area (Å²) in [6.07, 6.45) is 1.74. The molecule has 6 heteroatoms. The molecular formula is C19H20ClN3O2. The van der Waals surface area contributed by atoms with Crippen LogP contribution in [0.3, 0.4) is 0 Å². The monoisotopic (exact) mass is 357 g/mol. The van der Waals surface area contributed by atoms with E-state index in [1.807, 2.05) is 30.3 Å². The van der Waals surface area contributed by atoms with Crippen LogP contribution in [0.1, 0.15) is 29.2 Å². The van der Waals surface area contributed by atoms with Crippen molar-refractivity contribution in [1.82, 2.24) is 5.32 Å². The van der Waals surface area contributed by atoms with Gasteiger partial charge in [-0.2, -0.15) is 0 Å². The zero-order valence-corrected chi connectivity index (χ0v) is 14.6. The molecule has 2 aromatic carbocycles. The highest BCUT2D eigenvalue weighted by atomic mass is 35.5. The summed E-state index contributed by atoms with van der Waals surface area (Å²) in [5, 5.41) is 4.01. The topological polar surface area (TPSA) is 68.9 Å². The minimum Gasteiger partial charge on any atom is -0.493 e. The average molecular weight is 358 g/mol. The van der Waals surface area contributed by atoms with Crippen LogP contribution in [0, 0.1) is 0 Å². The van der Waals surface area contributed by atoms with E-state index in [0.717, 1.165) is 41.0 Å². The van der Waals surface area contributed by atoms with Crippen LogP contribution in [-0.4, -0.2) is 19.2 Å². The van der Waals surface area contributed by atoms with Gasteiger partial charge in [-0.15, -0.1) is 0 Å². The number of aliphatic imine (C=N–C) groups is 1. The molecule has 2 heterocycles. The van der Waals surface area contributed by atoms with E-state index in [2.05, 4.69) is 16.4 Å². The fourth-order valence-corrected chi connectivity index (χ4v) is 3.61. The Labute approximate surface area is 151 Å². The minimum absolute atomic E-state index is 0.107. The van der Waals surface area contributed by atoms with E-state index < -0.39 is 0 Å². The number of rotatable bonds is 3. The van der Waals surface area contributed by atoms with Gasteiger partial charge in [-0.3, -0.25) is 0 Å². The molecule has 25 heavy (non-hydrogen) atoms. The van der Waals surface area contributed by atoms with Gasteiger partial charge in [-0.05, 0) is 23.8 Å². The predicted octanol–water partition coefficient (Wildman–Crippen LogP) is 3.20. The van der Waals surface area contributed by atoms with Gasteiger partial charge in [0.25, 0.3) is 0 Å². The molecule has 0 aromatic heterocycles. The highest BCUT2D eigenvalue weighted by molar-refractivity contribution is 6.30. The lowest BCUT2D eigenvalue weighted by Gasteiger charge is -2.26. The molecule has 0 radical (unpaired) electrons. The van der Waals surface area contributed by atoms with E-state index in [9.17, 15) is 0 Å². The lowest BCUT2D eigenvalue weighted by molar-refractivity contribution is 0.262. The average Bonchev–Trinajstić information content (AvgIpc) is 3.08. The van der Waals surface area contributed by atoms with Crippen molar-refractivity contribution in [3.63, 3.8) is 0 Å². The van der Waals surface area contributed by atoms with Crippen LogP contribution in [0.5, 0.6) is 11.5 Å². The van der Waals surface area contributed by atoms with Gasteiger partial charge in [0.2, 0.25) is 0 Å². The number of halogens is 1. The largest absolute Gasteiger partial charge is 0.493 e. The molecule has 0 bridgehead atoms. The van der Waals surface area contributed by atoms with E-state index in [1.165, 1.54) is 0 Å². The maximum atomic E-state index is 6.19. The van der Waals surface area contributed by atoms with E-state index >= 15 is 0 Å². The fraction of sp³-hybridized carbons (Fsp3) is 0.316. The van der Waals surface area contributed by atoms with Crippen LogP contribution in [0.4, 0.5) is 0 Å². The Kier molecular flexibility index (Phi) is 4.40. The van der Waals surface area contributed by atoms with E-state index in [0.29, 0.717) is 30.7 Å². The summed E-state index contributed by atoms with van der Waals surface area (Å²) < 4.78 is 11.4. The molecule has 0 amide bonds. The Hall–Kier alpha value is -2.40. The summed E-state index contributed by atoms with van der Waals surface area (Å²) in [6.45, 7) is 1.79. The highest BCUT2D eigenvalue weighted by Gasteiger charge is 2.21. The number of nitrogens with two attached hydrogens (primary N) is 1. The third kappa shape index (κ3) is 3.37. The first-order valence-electron chi connectivity index (χ1n) is 8.43. The van der Waals surface area contributed by atoms with Crippen molar-refractivity contribution in [2.75, 3.05) is 13.2 Å². The normalized spacial score (nSPS) is 18.8. The number of nitrogens with one attached hydrogen (secondary N) is 1. The molecule has 5 nitrogen and oxygen atoms in total. The molecule has 0 saturated carbocycles. The predicted molar refractivity (Wildman–Crippen MR) is 98.4 cm³/mol. The molecular weight excluding hydrogens is 338 g/mol. The van der Waals surface area contributed by atoms with E-state index in [-0.39, 0.29) is 6.04 Å². The SMILES string of the molecule is NC(=NCc1cc(Cl)cc2c1OCC2)NC1CCOc2ccccc21. The maximum absolute atomic E-state index is 6.19. The van der Waals surface area contributed by atoms with E-state index in [4.69, 9.17) is 26.8 Å². The number of ether oxygens (including phenoxy) is 2. The molecule has 0 fully saturated rings. The number of guanidine groups is 1. The molecule has 0 saturated heterocycles. The zero-order chi connectivity index (χ0) is 17.2. The molecule has 1 unspecified atom stereocenters. The second kappa shape index (κ2) is 6.84. The molecule has 0 spiro atoms. The van der Waals surface area contributed by atoms with Crippen molar-refractivity contribution in [2.45, 2.75) is 25.4 Å². The van der Waals surface area contributed by atoms with Crippen molar-refractivity contribution in [2.24, 2.45) is 10.7 Å². The number of hydrogen-bond acceptors (Lipinski definition) is 3. The van der Waals surface area contributed by atoms with Gasteiger partial charge in [0, 0.05) is 29.0 Å². The summed E-state index contributed by atoms with van der Waals surface area (Å²) in [4.78, 5) is 4.48.